The van der Waals surface area contributed by atoms with E-state index >= 15 is 0 Å². The Morgan fingerprint density at radius 3 is 2.70 bits per heavy atom. The molecule has 30 heavy (non-hydrogen) atoms. The molecule has 0 saturated carbocycles. The van der Waals surface area contributed by atoms with Gasteiger partial charge in [0.2, 0.25) is 5.95 Å². The Labute approximate surface area is 180 Å². The standard InChI is InChI=1S/C21H26N6O2S/c1-15-19(30-21(24-15)23-9-12-28-2)18-7-8-22-20(26-18)25-16-3-5-17(6-4-16)27-10-13-29-14-11-27/h3-8H,9-14H2,1-2H3,(H,23,24)(H,22,25,26). The monoisotopic (exact) mass is 426 g/mol. The highest BCUT2D eigenvalue weighted by Gasteiger charge is 2.13. The second-order valence-corrected chi connectivity index (χ2v) is 7.89. The molecule has 0 bridgehead atoms. The Morgan fingerprint density at radius 1 is 1.13 bits per heavy atom. The third kappa shape index (κ3) is 5.05. The van der Waals surface area contributed by atoms with Crippen LogP contribution >= 0.6 is 11.3 Å². The lowest BCUT2D eigenvalue weighted by Gasteiger charge is -2.28. The summed E-state index contributed by atoms with van der Waals surface area (Å²) in [5.41, 5.74) is 3.95. The van der Waals surface area contributed by atoms with Crippen LogP contribution in [-0.2, 0) is 9.47 Å². The fourth-order valence-corrected chi connectivity index (χ4v) is 4.18. The van der Waals surface area contributed by atoms with Gasteiger partial charge in [-0.3, -0.25) is 0 Å². The summed E-state index contributed by atoms with van der Waals surface area (Å²) >= 11 is 1.58. The van der Waals surface area contributed by atoms with Crippen LogP contribution in [0.15, 0.2) is 36.5 Å². The number of aryl methyl sites for hydroxylation is 1. The van der Waals surface area contributed by atoms with E-state index in [4.69, 9.17) is 9.47 Å². The first-order chi connectivity index (χ1) is 14.7. The molecule has 0 aliphatic carbocycles. The van der Waals surface area contributed by atoms with Gasteiger partial charge in [-0.1, -0.05) is 11.3 Å². The molecule has 1 aliphatic rings. The molecule has 1 aromatic carbocycles. The highest BCUT2D eigenvalue weighted by molar-refractivity contribution is 7.19. The van der Waals surface area contributed by atoms with Crippen molar-refractivity contribution in [3.05, 3.63) is 42.2 Å². The number of ether oxygens (including phenoxy) is 2. The summed E-state index contributed by atoms with van der Waals surface area (Å²) in [5, 5.41) is 7.44. The summed E-state index contributed by atoms with van der Waals surface area (Å²) in [6.07, 6.45) is 1.77. The van der Waals surface area contributed by atoms with Crippen LogP contribution in [0.2, 0.25) is 0 Å². The van der Waals surface area contributed by atoms with Crippen LogP contribution in [0.1, 0.15) is 5.69 Å². The summed E-state index contributed by atoms with van der Waals surface area (Å²) in [7, 11) is 1.69. The number of nitrogens with zero attached hydrogens (tertiary/aromatic N) is 4. The summed E-state index contributed by atoms with van der Waals surface area (Å²) < 4.78 is 10.5. The van der Waals surface area contributed by atoms with Crippen molar-refractivity contribution in [3.8, 4) is 10.6 Å². The molecular weight excluding hydrogens is 400 g/mol. The van der Waals surface area contributed by atoms with Crippen LogP contribution in [0.25, 0.3) is 10.6 Å². The highest BCUT2D eigenvalue weighted by atomic mass is 32.1. The minimum absolute atomic E-state index is 0.563. The van der Waals surface area contributed by atoms with Gasteiger partial charge in [-0.15, -0.1) is 0 Å². The van der Waals surface area contributed by atoms with E-state index in [0.29, 0.717) is 12.6 Å². The van der Waals surface area contributed by atoms with Gasteiger partial charge in [-0.25, -0.2) is 15.0 Å². The number of hydrogen-bond acceptors (Lipinski definition) is 9. The van der Waals surface area contributed by atoms with E-state index < -0.39 is 0 Å². The van der Waals surface area contributed by atoms with E-state index in [1.54, 1.807) is 24.6 Å². The smallest absolute Gasteiger partial charge is 0.227 e. The predicted molar refractivity (Wildman–Crippen MR) is 121 cm³/mol. The summed E-state index contributed by atoms with van der Waals surface area (Å²) in [4.78, 5) is 17.0. The molecule has 158 valence electrons. The fourth-order valence-electron chi connectivity index (χ4n) is 3.22. The third-order valence-corrected chi connectivity index (χ3v) is 5.90. The molecule has 3 heterocycles. The maximum absolute atomic E-state index is 5.42. The summed E-state index contributed by atoms with van der Waals surface area (Å²) in [5.74, 6) is 0.563. The van der Waals surface area contributed by atoms with Gasteiger partial charge in [0.15, 0.2) is 5.13 Å². The minimum atomic E-state index is 0.563. The number of anilines is 4. The summed E-state index contributed by atoms with van der Waals surface area (Å²) in [6, 6.07) is 10.2. The van der Waals surface area contributed by atoms with Crippen molar-refractivity contribution >= 4 is 33.8 Å². The van der Waals surface area contributed by atoms with Crippen molar-refractivity contribution in [2.45, 2.75) is 6.92 Å². The van der Waals surface area contributed by atoms with E-state index in [1.165, 1.54) is 5.69 Å². The molecule has 0 spiro atoms. The average molecular weight is 427 g/mol. The molecule has 8 nitrogen and oxygen atoms in total. The van der Waals surface area contributed by atoms with E-state index in [2.05, 4.69) is 54.8 Å². The maximum atomic E-state index is 5.42. The lowest BCUT2D eigenvalue weighted by Crippen LogP contribution is -2.36. The van der Waals surface area contributed by atoms with Gasteiger partial charge in [-0.05, 0) is 37.3 Å². The topological polar surface area (TPSA) is 84.4 Å². The number of benzene rings is 1. The molecule has 0 unspecified atom stereocenters. The fraction of sp³-hybridized carbons (Fsp3) is 0.381. The number of thiazole rings is 1. The van der Waals surface area contributed by atoms with Crippen molar-refractivity contribution in [1.82, 2.24) is 15.0 Å². The normalized spacial score (nSPS) is 14.0. The first-order valence-electron chi connectivity index (χ1n) is 9.96. The third-order valence-electron chi connectivity index (χ3n) is 4.77. The first-order valence-corrected chi connectivity index (χ1v) is 10.8. The van der Waals surface area contributed by atoms with Crippen LogP contribution in [0.4, 0.5) is 22.5 Å². The van der Waals surface area contributed by atoms with Crippen LogP contribution < -0.4 is 15.5 Å². The van der Waals surface area contributed by atoms with Gasteiger partial charge >= 0.3 is 0 Å². The molecule has 1 aliphatic heterocycles. The van der Waals surface area contributed by atoms with Gasteiger partial charge < -0.3 is 25.0 Å². The highest BCUT2D eigenvalue weighted by Crippen LogP contribution is 2.32. The average Bonchev–Trinajstić information content (AvgIpc) is 3.16. The van der Waals surface area contributed by atoms with E-state index in [9.17, 15) is 0 Å². The van der Waals surface area contributed by atoms with E-state index in [1.807, 2.05) is 13.0 Å². The van der Waals surface area contributed by atoms with Crippen molar-refractivity contribution in [2.24, 2.45) is 0 Å². The molecule has 3 aromatic rings. The molecule has 0 atom stereocenters. The van der Waals surface area contributed by atoms with E-state index in [-0.39, 0.29) is 0 Å². The molecule has 0 amide bonds. The second kappa shape index (κ2) is 9.84. The minimum Gasteiger partial charge on any atom is -0.383 e. The lowest BCUT2D eigenvalue weighted by atomic mass is 10.2. The number of rotatable bonds is 8. The van der Waals surface area contributed by atoms with Gasteiger partial charge in [0.05, 0.1) is 36.1 Å². The first kappa shape index (κ1) is 20.5. The molecule has 1 saturated heterocycles. The molecule has 4 rings (SSSR count). The number of nitrogens with one attached hydrogen (secondary N) is 2. The van der Waals surface area contributed by atoms with Crippen LogP contribution in [0.5, 0.6) is 0 Å². The Morgan fingerprint density at radius 2 is 1.93 bits per heavy atom. The molecule has 2 N–H and O–H groups in total. The van der Waals surface area contributed by atoms with Gasteiger partial charge in [0, 0.05) is 44.3 Å². The molecule has 9 heteroatoms. The Bertz CT molecular complexity index is 956. The van der Waals surface area contributed by atoms with Gasteiger partial charge in [0.1, 0.15) is 0 Å². The number of methoxy groups -OCH3 is 1. The molecule has 1 fully saturated rings. The van der Waals surface area contributed by atoms with Crippen molar-refractivity contribution in [3.63, 3.8) is 0 Å². The molecular formula is C21H26N6O2S. The Hall–Kier alpha value is -2.75. The predicted octanol–water partition coefficient (Wildman–Crippen LogP) is 3.55. The van der Waals surface area contributed by atoms with Crippen LogP contribution in [0.3, 0.4) is 0 Å². The lowest BCUT2D eigenvalue weighted by molar-refractivity contribution is 0.122. The van der Waals surface area contributed by atoms with Crippen molar-refractivity contribution < 1.29 is 9.47 Å². The van der Waals surface area contributed by atoms with E-state index in [0.717, 1.165) is 59.9 Å². The van der Waals surface area contributed by atoms with Crippen LogP contribution in [-0.4, -0.2) is 61.5 Å². The SMILES string of the molecule is COCCNc1nc(C)c(-c2ccnc(Nc3ccc(N4CCOCC4)cc3)n2)s1. The Balaban J connectivity index is 1.45. The Kier molecular flexibility index (Phi) is 6.73. The molecule has 0 radical (unpaired) electrons. The van der Waals surface area contributed by atoms with Gasteiger partial charge in [-0.2, -0.15) is 0 Å². The largest absolute Gasteiger partial charge is 0.383 e. The van der Waals surface area contributed by atoms with Crippen LogP contribution in [0, 0.1) is 6.92 Å². The quantitative estimate of drug-likeness (QED) is 0.529. The zero-order valence-electron chi connectivity index (χ0n) is 17.2. The zero-order chi connectivity index (χ0) is 20.8. The second-order valence-electron chi connectivity index (χ2n) is 6.89. The van der Waals surface area contributed by atoms with Gasteiger partial charge in [0.25, 0.3) is 0 Å². The van der Waals surface area contributed by atoms with Crippen molar-refractivity contribution in [2.75, 3.05) is 62.1 Å². The maximum Gasteiger partial charge on any atom is 0.227 e. The number of aromatic nitrogens is 3. The number of morpholine rings is 1. The van der Waals surface area contributed by atoms with Crippen molar-refractivity contribution in [1.29, 1.82) is 0 Å². The zero-order valence-corrected chi connectivity index (χ0v) is 18.0. The number of hydrogen-bond donors (Lipinski definition) is 2. The summed E-state index contributed by atoms with van der Waals surface area (Å²) in [6.45, 7) is 6.76. The molecule has 2 aromatic heterocycles.